The molecule has 1 fully saturated rings. The van der Waals surface area contributed by atoms with Crippen LogP contribution in [0.3, 0.4) is 0 Å². The van der Waals surface area contributed by atoms with Crippen LogP contribution in [0.5, 0.6) is 0 Å². The molecule has 0 atom stereocenters. The Kier molecular flexibility index (Phi) is 7.37. The van der Waals surface area contributed by atoms with Gasteiger partial charge >= 0.3 is 0 Å². The highest BCUT2D eigenvalue weighted by Gasteiger charge is 2.25. The topological polar surface area (TPSA) is 94.5 Å². The van der Waals surface area contributed by atoms with Crippen LogP contribution >= 0.6 is 0 Å². The zero-order valence-corrected chi connectivity index (χ0v) is 20.5. The number of piperazine rings is 1. The number of nitrogens with zero attached hydrogens (tertiary/aromatic N) is 4. The smallest absolute Gasteiger partial charge is 0.239 e. The van der Waals surface area contributed by atoms with Gasteiger partial charge in [-0.2, -0.15) is 5.26 Å². The van der Waals surface area contributed by atoms with Crippen LogP contribution in [0.2, 0.25) is 0 Å². The van der Waals surface area contributed by atoms with Gasteiger partial charge in [0.1, 0.15) is 17.6 Å². The summed E-state index contributed by atoms with van der Waals surface area (Å²) in [5, 5.41) is 12.7. The minimum Gasteiger partial charge on any atom is -0.467 e. The molecule has 1 aliphatic rings. The second-order valence-corrected chi connectivity index (χ2v) is 9.02. The van der Waals surface area contributed by atoms with Crippen LogP contribution in [0.4, 0.5) is 5.82 Å². The Labute approximate surface area is 205 Å². The number of nitriles is 1. The number of hydrogen-bond acceptors (Lipinski definition) is 5. The lowest BCUT2D eigenvalue weighted by Crippen LogP contribution is -2.50. The van der Waals surface area contributed by atoms with Crippen LogP contribution in [-0.2, 0) is 22.6 Å². The summed E-state index contributed by atoms with van der Waals surface area (Å²) >= 11 is 0. The maximum absolute atomic E-state index is 12.9. The monoisotopic (exact) mass is 473 g/mol. The molecule has 182 valence electrons. The number of aryl methyl sites for hydroxylation is 1. The van der Waals surface area contributed by atoms with Gasteiger partial charge in [0.25, 0.3) is 0 Å². The van der Waals surface area contributed by atoms with Crippen molar-refractivity contribution in [3.8, 4) is 6.07 Å². The average molecular weight is 474 g/mol. The molecule has 35 heavy (non-hydrogen) atoms. The van der Waals surface area contributed by atoms with E-state index in [0.717, 1.165) is 28.1 Å². The molecule has 3 heterocycles. The molecular weight excluding hydrogens is 442 g/mol. The van der Waals surface area contributed by atoms with Crippen molar-refractivity contribution in [1.29, 1.82) is 5.26 Å². The van der Waals surface area contributed by atoms with Crippen LogP contribution in [0.15, 0.2) is 47.1 Å². The van der Waals surface area contributed by atoms with Gasteiger partial charge in [-0.15, -0.1) is 0 Å². The van der Waals surface area contributed by atoms with Crippen molar-refractivity contribution in [2.45, 2.75) is 33.7 Å². The maximum Gasteiger partial charge on any atom is 0.239 e. The lowest BCUT2D eigenvalue weighted by molar-refractivity contribution is -0.132. The van der Waals surface area contributed by atoms with Crippen molar-refractivity contribution in [2.24, 2.45) is 0 Å². The third kappa shape index (κ3) is 5.47. The summed E-state index contributed by atoms with van der Waals surface area (Å²) in [6, 6.07) is 13.9. The Morgan fingerprint density at radius 1 is 1.06 bits per heavy atom. The normalized spacial score (nSPS) is 14.1. The first-order valence-corrected chi connectivity index (χ1v) is 11.8. The third-order valence-electron chi connectivity index (χ3n) is 6.79. The minimum atomic E-state index is -0.181. The first-order valence-electron chi connectivity index (χ1n) is 11.8. The molecule has 2 aromatic heterocycles. The van der Waals surface area contributed by atoms with Crippen LogP contribution in [0, 0.1) is 32.1 Å². The van der Waals surface area contributed by atoms with Gasteiger partial charge in [-0.1, -0.05) is 24.3 Å². The molecule has 8 nitrogen and oxygen atoms in total. The van der Waals surface area contributed by atoms with Gasteiger partial charge in [-0.3, -0.25) is 14.5 Å². The number of furan rings is 1. The Hall–Kier alpha value is -3.83. The maximum atomic E-state index is 12.9. The SMILES string of the molecule is Cc1ccccc1CC(=O)N1CCN(CC(=O)Nc2c(C#N)c(C)c(C)n2Cc2ccco2)CC1. The summed E-state index contributed by atoms with van der Waals surface area (Å²) in [5.74, 6) is 1.17. The summed E-state index contributed by atoms with van der Waals surface area (Å²) < 4.78 is 7.38. The highest BCUT2D eigenvalue weighted by molar-refractivity contribution is 5.93. The number of aromatic nitrogens is 1. The number of anilines is 1. The van der Waals surface area contributed by atoms with E-state index in [1.165, 1.54) is 0 Å². The standard InChI is InChI=1S/C27H31N5O3/c1-19-7-4-5-8-22(19)15-26(34)31-12-10-30(11-13-31)18-25(33)29-27-24(16-28)20(2)21(3)32(27)17-23-9-6-14-35-23/h4-9,14H,10-13,15,17-18H2,1-3H3,(H,29,33). The van der Waals surface area contributed by atoms with Crippen LogP contribution < -0.4 is 5.32 Å². The molecule has 4 rings (SSSR count). The molecule has 0 radical (unpaired) electrons. The van der Waals surface area contributed by atoms with Gasteiger partial charge in [0, 0.05) is 31.9 Å². The van der Waals surface area contributed by atoms with E-state index in [-0.39, 0.29) is 18.4 Å². The molecule has 0 unspecified atom stereocenters. The highest BCUT2D eigenvalue weighted by atomic mass is 16.3. The first-order chi connectivity index (χ1) is 16.9. The highest BCUT2D eigenvalue weighted by Crippen LogP contribution is 2.27. The van der Waals surface area contributed by atoms with Gasteiger partial charge in [-0.05, 0) is 49.6 Å². The van der Waals surface area contributed by atoms with Gasteiger partial charge in [0.05, 0.1) is 31.3 Å². The number of amides is 2. The van der Waals surface area contributed by atoms with Gasteiger partial charge in [-0.25, -0.2) is 0 Å². The van der Waals surface area contributed by atoms with E-state index < -0.39 is 0 Å². The lowest BCUT2D eigenvalue weighted by atomic mass is 10.1. The van der Waals surface area contributed by atoms with Gasteiger partial charge < -0.3 is 19.2 Å². The molecule has 0 bridgehead atoms. The zero-order chi connectivity index (χ0) is 24.9. The number of rotatable bonds is 7. The van der Waals surface area contributed by atoms with E-state index in [1.807, 2.05) is 71.5 Å². The molecule has 1 aliphatic heterocycles. The van der Waals surface area contributed by atoms with Crippen LogP contribution in [0.1, 0.15) is 33.7 Å². The van der Waals surface area contributed by atoms with Crippen LogP contribution in [0.25, 0.3) is 0 Å². The van der Waals surface area contributed by atoms with Gasteiger partial charge in [0.2, 0.25) is 11.8 Å². The molecule has 2 amide bonds. The van der Waals surface area contributed by atoms with Crippen molar-refractivity contribution >= 4 is 17.6 Å². The van der Waals surface area contributed by atoms with Crippen molar-refractivity contribution in [3.63, 3.8) is 0 Å². The molecule has 1 saturated heterocycles. The van der Waals surface area contributed by atoms with Gasteiger partial charge in [0.15, 0.2) is 0 Å². The Morgan fingerprint density at radius 3 is 2.46 bits per heavy atom. The lowest BCUT2D eigenvalue weighted by Gasteiger charge is -2.34. The molecule has 0 saturated carbocycles. The number of hydrogen-bond donors (Lipinski definition) is 1. The Morgan fingerprint density at radius 2 is 1.80 bits per heavy atom. The molecule has 1 aromatic carbocycles. The summed E-state index contributed by atoms with van der Waals surface area (Å²) in [6.07, 6.45) is 2.01. The minimum absolute atomic E-state index is 0.115. The summed E-state index contributed by atoms with van der Waals surface area (Å²) in [5.41, 5.74) is 4.39. The quantitative estimate of drug-likeness (QED) is 0.569. The van der Waals surface area contributed by atoms with Crippen molar-refractivity contribution < 1.29 is 14.0 Å². The predicted molar refractivity (Wildman–Crippen MR) is 133 cm³/mol. The third-order valence-corrected chi connectivity index (χ3v) is 6.79. The van der Waals surface area contributed by atoms with Crippen molar-refractivity contribution in [1.82, 2.24) is 14.4 Å². The largest absolute Gasteiger partial charge is 0.467 e. The Balaban J connectivity index is 1.35. The first kappa shape index (κ1) is 24.3. The second kappa shape index (κ2) is 10.6. The molecule has 8 heteroatoms. The van der Waals surface area contributed by atoms with E-state index in [9.17, 15) is 14.9 Å². The van der Waals surface area contributed by atoms with E-state index in [4.69, 9.17) is 4.42 Å². The Bertz CT molecular complexity index is 1240. The fourth-order valence-corrected chi connectivity index (χ4v) is 4.50. The molecule has 0 spiro atoms. The molecular formula is C27H31N5O3. The molecule has 0 aliphatic carbocycles. The van der Waals surface area contributed by atoms with Crippen LogP contribution in [-0.4, -0.2) is 58.9 Å². The molecule has 3 aromatic rings. The fourth-order valence-electron chi connectivity index (χ4n) is 4.50. The summed E-state index contributed by atoms with van der Waals surface area (Å²) in [7, 11) is 0. The van der Waals surface area contributed by atoms with E-state index in [1.54, 1.807) is 6.26 Å². The van der Waals surface area contributed by atoms with E-state index in [0.29, 0.717) is 50.5 Å². The predicted octanol–water partition coefficient (Wildman–Crippen LogP) is 3.25. The summed E-state index contributed by atoms with van der Waals surface area (Å²) in [4.78, 5) is 29.6. The fraction of sp³-hybridized carbons (Fsp3) is 0.370. The summed E-state index contributed by atoms with van der Waals surface area (Å²) in [6.45, 7) is 8.91. The van der Waals surface area contributed by atoms with E-state index >= 15 is 0 Å². The van der Waals surface area contributed by atoms with Crippen molar-refractivity contribution in [2.75, 3.05) is 38.0 Å². The number of carbonyl (C=O) groups excluding carboxylic acids is 2. The molecule has 1 N–H and O–H groups in total. The van der Waals surface area contributed by atoms with E-state index in [2.05, 4.69) is 11.4 Å². The number of nitrogens with one attached hydrogen (secondary N) is 1. The number of carbonyl (C=O) groups is 2. The van der Waals surface area contributed by atoms with Crippen molar-refractivity contribution in [3.05, 3.63) is 76.4 Å². The average Bonchev–Trinajstić information content (AvgIpc) is 3.44. The second-order valence-electron chi connectivity index (χ2n) is 9.02. The number of benzene rings is 1. The zero-order valence-electron chi connectivity index (χ0n) is 20.5.